The number of hydrogen-bond acceptors (Lipinski definition) is 5. The number of hydrogen-bond donors (Lipinski definition) is 3. The molecule has 0 aromatic carbocycles. The summed E-state index contributed by atoms with van der Waals surface area (Å²) in [6.45, 7) is 2.40. The molecule has 6 nitrogen and oxygen atoms in total. The van der Waals surface area contributed by atoms with Gasteiger partial charge in [-0.2, -0.15) is 0 Å². The van der Waals surface area contributed by atoms with Crippen molar-refractivity contribution < 1.29 is 19.4 Å². The quantitative estimate of drug-likeness (QED) is 0.170. The van der Waals surface area contributed by atoms with Crippen LogP contribution in [-0.4, -0.2) is 66.3 Å². The first kappa shape index (κ1) is 26.1. The molecule has 0 bridgehead atoms. The Morgan fingerprint density at radius 2 is 1.50 bits per heavy atom. The van der Waals surface area contributed by atoms with Crippen molar-refractivity contribution in [2.75, 3.05) is 19.8 Å². The van der Waals surface area contributed by atoms with Crippen molar-refractivity contribution in [3.05, 3.63) is 0 Å². The van der Waals surface area contributed by atoms with Gasteiger partial charge in [-0.05, 0) is 6.42 Å². The van der Waals surface area contributed by atoms with E-state index in [1.54, 1.807) is 0 Å². The Morgan fingerprint density at radius 1 is 0.917 bits per heavy atom. The van der Waals surface area contributed by atoms with Gasteiger partial charge in [0.25, 0.3) is 0 Å². The Kier molecular flexibility index (Phi) is 22.7. The van der Waals surface area contributed by atoms with Gasteiger partial charge in [-0.15, -0.1) is 0 Å². The number of hydrazine groups is 1. The molecule has 0 unspecified atom stereocenters. The van der Waals surface area contributed by atoms with Gasteiger partial charge in [-0.3, -0.25) is 15.0 Å². The molecule has 3 N–H and O–H groups in total. The topological polar surface area (TPSA) is 87.7 Å². The molecule has 0 radical (unpaired) electrons. The third kappa shape index (κ3) is 19.9. The number of aliphatic hydroxyl groups excluding tert-OH is 1. The summed E-state index contributed by atoms with van der Waals surface area (Å²) in [7, 11) is 0. The summed E-state index contributed by atoms with van der Waals surface area (Å²) in [6, 6.07) is 0. The number of unbranched alkanes of at least 4 members (excludes halogenated alkanes) is 8. The molecule has 0 aliphatic rings. The number of carbonyl (C=O) groups excluding carboxylic acids is 2. The molecule has 0 rings (SSSR count). The summed E-state index contributed by atoms with van der Waals surface area (Å²) in [5, 5.41) is 8.49. The van der Waals surface area contributed by atoms with Crippen LogP contribution in [0.25, 0.3) is 0 Å². The molecule has 0 aromatic heterocycles. The molecular formula is C17H35N2NaO4. The molecule has 7 heteroatoms. The third-order valence-corrected chi connectivity index (χ3v) is 3.54. The van der Waals surface area contributed by atoms with E-state index < -0.39 is 0 Å². The predicted octanol–water partition coefficient (Wildman–Crippen LogP) is 1.81. The summed E-state index contributed by atoms with van der Waals surface area (Å²) < 4.78 is 4.69. The van der Waals surface area contributed by atoms with Crippen LogP contribution in [0.3, 0.4) is 0 Å². The number of ether oxygens (including phenoxy) is 1. The van der Waals surface area contributed by atoms with E-state index in [1.807, 2.05) is 0 Å². The zero-order valence-electron chi connectivity index (χ0n) is 14.6. The molecular weight excluding hydrogens is 319 g/mol. The maximum absolute atomic E-state index is 11.5. The number of aliphatic hydroxyl groups is 1. The number of nitrogens with one attached hydrogen (secondary N) is 2. The number of esters is 1. The monoisotopic (exact) mass is 354 g/mol. The summed E-state index contributed by atoms with van der Waals surface area (Å²) in [5.41, 5.74) is 5.28. The molecule has 138 valence electrons. The van der Waals surface area contributed by atoms with Crippen molar-refractivity contribution in [1.82, 2.24) is 10.9 Å². The molecule has 0 spiro atoms. The van der Waals surface area contributed by atoms with Crippen LogP contribution >= 0.6 is 0 Å². The Morgan fingerprint density at radius 3 is 2.08 bits per heavy atom. The molecule has 24 heavy (non-hydrogen) atoms. The fraction of sp³-hybridized carbons (Fsp3) is 0.882. The third-order valence-electron chi connectivity index (χ3n) is 3.54. The van der Waals surface area contributed by atoms with E-state index >= 15 is 0 Å². The first-order chi connectivity index (χ1) is 11.2. The van der Waals surface area contributed by atoms with Crippen molar-refractivity contribution in [2.45, 2.75) is 77.6 Å². The van der Waals surface area contributed by atoms with Crippen molar-refractivity contribution in [1.29, 1.82) is 0 Å². The average molecular weight is 354 g/mol. The van der Waals surface area contributed by atoms with Crippen LogP contribution in [0.4, 0.5) is 0 Å². The second-order valence-corrected chi connectivity index (χ2v) is 5.75. The number of carbonyl (C=O) groups is 2. The molecule has 0 heterocycles. The minimum atomic E-state index is -0.389. The van der Waals surface area contributed by atoms with Crippen LogP contribution in [0.1, 0.15) is 77.6 Å². The summed E-state index contributed by atoms with van der Waals surface area (Å²) in [5.74, 6) is -0.434. The van der Waals surface area contributed by atoms with Crippen LogP contribution in [0.2, 0.25) is 0 Å². The van der Waals surface area contributed by atoms with Gasteiger partial charge in [0.2, 0.25) is 5.91 Å². The molecule has 0 saturated heterocycles. The molecule has 0 saturated carbocycles. The van der Waals surface area contributed by atoms with E-state index in [9.17, 15) is 9.59 Å². The van der Waals surface area contributed by atoms with Crippen molar-refractivity contribution >= 4 is 41.4 Å². The predicted molar refractivity (Wildman–Crippen MR) is 97.8 cm³/mol. The van der Waals surface area contributed by atoms with Gasteiger partial charge in [0, 0.05) is 13.0 Å². The van der Waals surface area contributed by atoms with E-state index in [4.69, 9.17) is 5.11 Å². The molecule has 0 aromatic rings. The van der Waals surface area contributed by atoms with Crippen LogP contribution < -0.4 is 10.9 Å². The SMILES string of the molecule is CCCCCCCCCCCC(=O)NNCCC(=O)OCCO.[NaH]. The van der Waals surface area contributed by atoms with Crippen LogP contribution in [0, 0.1) is 0 Å². The van der Waals surface area contributed by atoms with Gasteiger partial charge in [0.15, 0.2) is 0 Å². The first-order valence-electron chi connectivity index (χ1n) is 8.99. The Labute approximate surface area is 168 Å². The Hall–Kier alpha value is -0.140. The molecule has 0 atom stereocenters. The van der Waals surface area contributed by atoms with Crippen LogP contribution in [-0.2, 0) is 14.3 Å². The summed E-state index contributed by atoms with van der Waals surface area (Å²) >= 11 is 0. The van der Waals surface area contributed by atoms with Gasteiger partial charge >= 0.3 is 35.5 Å². The fourth-order valence-corrected chi connectivity index (χ4v) is 2.22. The van der Waals surface area contributed by atoms with Crippen molar-refractivity contribution in [3.8, 4) is 0 Å². The van der Waals surface area contributed by atoms with E-state index in [0.29, 0.717) is 13.0 Å². The second kappa shape index (κ2) is 20.9. The fourth-order valence-electron chi connectivity index (χ4n) is 2.22. The maximum atomic E-state index is 11.5. The van der Waals surface area contributed by atoms with E-state index in [-0.39, 0.29) is 61.1 Å². The van der Waals surface area contributed by atoms with Gasteiger partial charge in [0.1, 0.15) is 6.61 Å². The summed E-state index contributed by atoms with van der Waals surface area (Å²) in [4.78, 5) is 22.7. The molecule has 1 amide bonds. The van der Waals surface area contributed by atoms with E-state index in [1.165, 1.54) is 44.9 Å². The molecule has 0 aliphatic heterocycles. The number of rotatable bonds is 16. The van der Waals surface area contributed by atoms with Crippen molar-refractivity contribution in [3.63, 3.8) is 0 Å². The number of amides is 1. The average Bonchev–Trinajstić information content (AvgIpc) is 2.55. The van der Waals surface area contributed by atoms with Crippen LogP contribution in [0.5, 0.6) is 0 Å². The molecule has 0 aliphatic carbocycles. The van der Waals surface area contributed by atoms with Gasteiger partial charge in [0.05, 0.1) is 13.0 Å². The van der Waals surface area contributed by atoms with Crippen LogP contribution in [0.15, 0.2) is 0 Å². The standard InChI is InChI=1S/C17H34N2O4.Na.H/c1-2-3-4-5-6-7-8-9-10-11-16(21)19-18-13-12-17(22)23-15-14-20;;/h18,20H,2-15H2,1H3,(H,19,21);;. The zero-order chi connectivity index (χ0) is 17.2. The van der Waals surface area contributed by atoms with Gasteiger partial charge < -0.3 is 9.84 Å². The zero-order valence-corrected chi connectivity index (χ0v) is 14.6. The first-order valence-corrected chi connectivity index (χ1v) is 8.99. The summed E-state index contributed by atoms with van der Waals surface area (Å²) in [6.07, 6.45) is 11.7. The van der Waals surface area contributed by atoms with E-state index in [0.717, 1.165) is 12.8 Å². The minimum absolute atomic E-state index is 0. The van der Waals surface area contributed by atoms with Gasteiger partial charge in [-0.25, -0.2) is 5.43 Å². The Bertz CT molecular complexity index is 304. The van der Waals surface area contributed by atoms with Gasteiger partial charge in [-0.1, -0.05) is 58.3 Å². The second-order valence-electron chi connectivity index (χ2n) is 5.75. The van der Waals surface area contributed by atoms with E-state index in [2.05, 4.69) is 22.5 Å². The van der Waals surface area contributed by atoms with Crippen molar-refractivity contribution in [2.24, 2.45) is 0 Å². The normalized spacial score (nSPS) is 10.1. The Balaban J connectivity index is 0. The molecule has 0 fully saturated rings.